The SMILES string of the molecule is O=C(COCc1ccccc1)N[C@@H](Cc1ccc(F)c([N+](=O)[O-])c1)C(=O)O. The first kappa shape index (κ1) is 20.0. The Morgan fingerprint density at radius 2 is 1.89 bits per heavy atom. The van der Waals surface area contributed by atoms with Crippen LogP contribution in [0.2, 0.25) is 0 Å². The second kappa shape index (κ2) is 9.39. The van der Waals surface area contributed by atoms with Crippen molar-refractivity contribution in [3.05, 3.63) is 75.6 Å². The van der Waals surface area contributed by atoms with Crippen LogP contribution in [0.3, 0.4) is 0 Å². The summed E-state index contributed by atoms with van der Waals surface area (Å²) in [7, 11) is 0. The molecule has 2 aromatic rings. The second-order valence-corrected chi connectivity index (χ2v) is 5.68. The lowest BCUT2D eigenvalue weighted by molar-refractivity contribution is -0.387. The van der Waals surface area contributed by atoms with Gasteiger partial charge < -0.3 is 15.2 Å². The number of benzene rings is 2. The highest BCUT2D eigenvalue weighted by molar-refractivity contribution is 5.84. The summed E-state index contributed by atoms with van der Waals surface area (Å²) in [4.78, 5) is 33.1. The second-order valence-electron chi connectivity index (χ2n) is 5.68. The predicted octanol–water partition coefficient (Wildman–Crippen LogP) is 2.06. The molecule has 2 aromatic carbocycles. The van der Waals surface area contributed by atoms with Gasteiger partial charge in [0.15, 0.2) is 0 Å². The number of hydrogen-bond acceptors (Lipinski definition) is 5. The van der Waals surface area contributed by atoms with Crippen LogP contribution in [0.15, 0.2) is 48.5 Å². The number of halogens is 1. The molecule has 0 saturated heterocycles. The van der Waals surface area contributed by atoms with E-state index in [-0.39, 0.29) is 25.2 Å². The first-order valence-electron chi connectivity index (χ1n) is 7.93. The number of nitro benzene ring substituents is 1. The summed E-state index contributed by atoms with van der Waals surface area (Å²) in [6, 6.07) is 10.9. The van der Waals surface area contributed by atoms with Crippen LogP contribution in [0.4, 0.5) is 10.1 Å². The molecule has 0 bridgehead atoms. The Morgan fingerprint density at radius 1 is 1.19 bits per heavy atom. The number of nitrogens with one attached hydrogen (secondary N) is 1. The smallest absolute Gasteiger partial charge is 0.326 e. The number of carbonyl (C=O) groups is 2. The molecule has 0 aliphatic carbocycles. The molecule has 1 amide bonds. The van der Waals surface area contributed by atoms with E-state index < -0.39 is 34.3 Å². The Hall–Kier alpha value is -3.33. The minimum absolute atomic E-state index is 0.191. The van der Waals surface area contributed by atoms with Crippen LogP contribution in [0.1, 0.15) is 11.1 Å². The summed E-state index contributed by atoms with van der Waals surface area (Å²) in [6.45, 7) is -0.154. The molecule has 0 saturated carbocycles. The van der Waals surface area contributed by atoms with Crippen molar-refractivity contribution in [2.45, 2.75) is 19.1 Å². The van der Waals surface area contributed by atoms with Gasteiger partial charge in [-0.05, 0) is 17.2 Å². The van der Waals surface area contributed by atoms with Gasteiger partial charge in [-0.25, -0.2) is 4.79 Å². The van der Waals surface area contributed by atoms with Crippen molar-refractivity contribution in [1.29, 1.82) is 0 Å². The van der Waals surface area contributed by atoms with Gasteiger partial charge in [0.05, 0.1) is 11.5 Å². The molecular weight excluding hydrogens is 359 g/mol. The molecule has 2 rings (SSSR count). The van der Waals surface area contributed by atoms with Crippen LogP contribution in [0.5, 0.6) is 0 Å². The van der Waals surface area contributed by atoms with Gasteiger partial charge in [0.2, 0.25) is 11.7 Å². The summed E-state index contributed by atoms with van der Waals surface area (Å²) >= 11 is 0. The average molecular weight is 376 g/mol. The van der Waals surface area contributed by atoms with Gasteiger partial charge in [-0.1, -0.05) is 36.4 Å². The van der Waals surface area contributed by atoms with E-state index in [2.05, 4.69) is 5.32 Å². The lowest BCUT2D eigenvalue weighted by Crippen LogP contribution is -2.43. The summed E-state index contributed by atoms with van der Waals surface area (Å²) in [5.41, 5.74) is 0.314. The van der Waals surface area contributed by atoms with Crippen molar-refractivity contribution in [3.8, 4) is 0 Å². The topological polar surface area (TPSA) is 119 Å². The number of carboxylic acid groups (broad SMARTS) is 1. The number of amides is 1. The molecule has 0 spiro atoms. The van der Waals surface area contributed by atoms with Gasteiger partial charge in [-0.3, -0.25) is 14.9 Å². The molecule has 1 atom stereocenters. The first-order chi connectivity index (χ1) is 12.9. The standard InChI is InChI=1S/C18H17FN2O6/c19-14-7-6-13(9-16(14)21(25)26)8-15(18(23)24)20-17(22)11-27-10-12-4-2-1-3-5-12/h1-7,9,15H,8,10-11H2,(H,20,22)(H,23,24)/t15-/m0/s1. The third kappa shape index (κ3) is 6.15. The third-order valence-corrected chi connectivity index (χ3v) is 3.63. The van der Waals surface area contributed by atoms with Gasteiger partial charge in [0, 0.05) is 12.5 Å². The fraction of sp³-hybridized carbons (Fsp3) is 0.222. The minimum Gasteiger partial charge on any atom is -0.480 e. The molecule has 0 radical (unpaired) electrons. The average Bonchev–Trinajstić information content (AvgIpc) is 2.63. The van der Waals surface area contributed by atoms with E-state index in [1.54, 1.807) is 0 Å². The minimum atomic E-state index is -1.33. The summed E-state index contributed by atoms with van der Waals surface area (Å²) in [5, 5.41) is 22.3. The molecular formula is C18H17FN2O6. The third-order valence-electron chi connectivity index (χ3n) is 3.63. The van der Waals surface area contributed by atoms with E-state index in [9.17, 15) is 29.2 Å². The van der Waals surface area contributed by atoms with Crippen LogP contribution < -0.4 is 5.32 Å². The molecule has 0 fully saturated rings. The Balaban J connectivity index is 1.93. The van der Waals surface area contributed by atoms with E-state index in [4.69, 9.17) is 4.74 Å². The number of nitro groups is 1. The maximum Gasteiger partial charge on any atom is 0.326 e. The van der Waals surface area contributed by atoms with E-state index in [1.165, 1.54) is 6.07 Å². The number of carboxylic acids is 1. The van der Waals surface area contributed by atoms with Crippen LogP contribution in [-0.4, -0.2) is 34.6 Å². The Bertz CT molecular complexity index is 828. The molecule has 2 N–H and O–H groups in total. The Labute approximate surface area is 153 Å². The van der Waals surface area contributed by atoms with Gasteiger partial charge in [0.1, 0.15) is 12.6 Å². The van der Waals surface area contributed by atoms with Gasteiger partial charge >= 0.3 is 11.7 Å². The molecule has 8 nitrogen and oxygen atoms in total. The molecule has 0 heterocycles. The predicted molar refractivity (Wildman–Crippen MR) is 92.4 cm³/mol. The monoisotopic (exact) mass is 376 g/mol. The maximum absolute atomic E-state index is 13.4. The Kier molecular flexibility index (Phi) is 6.95. The van der Waals surface area contributed by atoms with Crippen LogP contribution in [0, 0.1) is 15.9 Å². The highest BCUT2D eigenvalue weighted by Crippen LogP contribution is 2.19. The van der Waals surface area contributed by atoms with Gasteiger partial charge in [-0.2, -0.15) is 4.39 Å². The number of nitrogens with zero attached hydrogens (tertiary/aromatic N) is 1. The number of hydrogen-bond donors (Lipinski definition) is 2. The van der Waals surface area contributed by atoms with Gasteiger partial charge in [0.25, 0.3) is 0 Å². The molecule has 0 unspecified atom stereocenters. The fourth-order valence-corrected chi connectivity index (χ4v) is 2.33. The zero-order valence-electron chi connectivity index (χ0n) is 14.1. The van der Waals surface area contributed by atoms with E-state index in [0.29, 0.717) is 0 Å². The number of ether oxygens (including phenoxy) is 1. The van der Waals surface area contributed by atoms with Crippen molar-refractivity contribution in [2.24, 2.45) is 0 Å². The molecule has 0 aliphatic rings. The van der Waals surface area contributed by atoms with Crippen LogP contribution in [0.25, 0.3) is 0 Å². The van der Waals surface area contributed by atoms with Crippen molar-refractivity contribution in [2.75, 3.05) is 6.61 Å². The highest BCUT2D eigenvalue weighted by atomic mass is 19.1. The lowest BCUT2D eigenvalue weighted by atomic mass is 10.0. The molecule has 0 aromatic heterocycles. The lowest BCUT2D eigenvalue weighted by Gasteiger charge is -2.15. The molecule has 9 heteroatoms. The number of aliphatic carboxylic acids is 1. The molecule has 142 valence electrons. The summed E-state index contributed by atoms with van der Waals surface area (Å²) in [5.74, 6) is -2.98. The van der Waals surface area contributed by atoms with E-state index in [1.807, 2.05) is 30.3 Å². The summed E-state index contributed by atoms with van der Waals surface area (Å²) in [6.07, 6.45) is -0.235. The zero-order valence-corrected chi connectivity index (χ0v) is 14.1. The van der Waals surface area contributed by atoms with E-state index >= 15 is 0 Å². The number of carbonyl (C=O) groups excluding carboxylic acids is 1. The van der Waals surface area contributed by atoms with Crippen LogP contribution >= 0.6 is 0 Å². The largest absolute Gasteiger partial charge is 0.480 e. The maximum atomic E-state index is 13.4. The van der Waals surface area contributed by atoms with Crippen molar-refractivity contribution < 1.29 is 28.7 Å². The highest BCUT2D eigenvalue weighted by Gasteiger charge is 2.22. The van der Waals surface area contributed by atoms with E-state index in [0.717, 1.165) is 17.7 Å². The normalized spacial score (nSPS) is 11.6. The van der Waals surface area contributed by atoms with Crippen molar-refractivity contribution in [3.63, 3.8) is 0 Å². The summed E-state index contributed by atoms with van der Waals surface area (Å²) < 4.78 is 18.6. The first-order valence-corrected chi connectivity index (χ1v) is 7.93. The number of rotatable bonds is 9. The fourth-order valence-electron chi connectivity index (χ4n) is 2.33. The zero-order chi connectivity index (χ0) is 19.8. The van der Waals surface area contributed by atoms with Crippen molar-refractivity contribution in [1.82, 2.24) is 5.32 Å². The van der Waals surface area contributed by atoms with Crippen molar-refractivity contribution >= 4 is 17.6 Å². The Morgan fingerprint density at radius 3 is 2.52 bits per heavy atom. The molecule has 27 heavy (non-hydrogen) atoms. The van der Waals surface area contributed by atoms with Crippen LogP contribution in [-0.2, 0) is 27.4 Å². The molecule has 0 aliphatic heterocycles. The quantitative estimate of drug-likeness (QED) is 0.511. The van der Waals surface area contributed by atoms with Gasteiger partial charge in [-0.15, -0.1) is 0 Å².